The van der Waals surface area contributed by atoms with Crippen molar-refractivity contribution in [1.82, 2.24) is 20.5 Å². The van der Waals surface area contributed by atoms with Crippen LogP contribution in [0.5, 0.6) is 0 Å². The molecule has 2 aliphatic rings. The number of carbonyl (C=O) groups excluding carboxylic acids is 1. The van der Waals surface area contributed by atoms with Crippen LogP contribution < -0.4 is 15.5 Å². The van der Waals surface area contributed by atoms with Gasteiger partial charge >= 0.3 is 0 Å². The number of guanidine groups is 1. The Bertz CT molecular complexity index is 673. The van der Waals surface area contributed by atoms with Crippen molar-refractivity contribution >= 4 is 17.7 Å². The zero-order chi connectivity index (χ0) is 20.0. The van der Waals surface area contributed by atoms with Crippen LogP contribution in [0, 0.1) is 5.41 Å². The van der Waals surface area contributed by atoms with Gasteiger partial charge in [-0.25, -0.2) is 4.98 Å². The molecule has 1 saturated heterocycles. The number of hydrogen-bond acceptors (Lipinski definition) is 4. The molecule has 1 aliphatic carbocycles. The monoisotopic (exact) mass is 386 g/mol. The summed E-state index contributed by atoms with van der Waals surface area (Å²) < 4.78 is 0. The highest BCUT2D eigenvalue weighted by Gasteiger charge is 2.42. The second kappa shape index (κ2) is 9.26. The third-order valence-electron chi connectivity index (χ3n) is 5.94. The first kappa shape index (κ1) is 20.4. The van der Waals surface area contributed by atoms with Crippen molar-refractivity contribution in [2.75, 3.05) is 45.7 Å². The molecule has 1 saturated carbocycles. The van der Waals surface area contributed by atoms with E-state index in [2.05, 4.69) is 37.6 Å². The van der Waals surface area contributed by atoms with Crippen LogP contribution in [0.1, 0.15) is 44.1 Å². The zero-order valence-electron chi connectivity index (χ0n) is 17.5. The lowest BCUT2D eigenvalue weighted by atomic mass is 9.84. The predicted octanol–water partition coefficient (Wildman–Crippen LogP) is 2.00. The van der Waals surface area contributed by atoms with Crippen LogP contribution in [0.4, 0.5) is 5.82 Å². The maximum Gasteiger partial charge on any atom is 0.230 e. The molecule has 7 heteroatoms. The lowest BCUT2D eigenvalue weighted by Gasteiger charge is -2.31. The minimum Gasteiger partial charge on any atom is -0.357 e. The van der Waals surface area contributed by atoms with Crippen LogP contribution in [-0.2, 0) is 11.3 Å². The second-order valence-electron chi connectivity index (χ2n) is 8.19. The molecule has 0 spiro atoms. The van der Waals surface area contributed by atoms with Crippen molar-refractivity contribution in [1.29, 1.82) is 0 Å². The molecule has 28 heavy (non-hydrogen) atoms. The summed E-state index contributed by atoms with van der Waals surface area (Å²) in [6.45, 7) is 3.49. The Morgan fingerprint density at radius 3 is 2.46 bits per heavy atom. The largest absolute Gasteiger partial charge is 0.357 e. The number of rotatable bonds is 6. The van der Waals surface area contributed by atoms with E-state index in [4.69, 9.17) is 0 Å². The van der Waals surface area contributed by atoms with E-state index in [9.17, 15) is 4.79 Å². The minimum atomic E-state index is -0.306. The number of aliphatic imine (C=N–C) groups is 1. The molecular formula is C21H34N6O. The number of anilines is 1. The number of carbonyl (C=O) groups is 1. The van der Waals surface area contributed by atoms with Gasteiger partial charge in [-0.15, -0.1) is 0 Å². The third-order valence-corrected chi connectivity index (χ3v) is 5.94. The van der Waals surface area contributed by atoms with E-state index in [0.29, 0.717) is 13.1 Å². The smallest absolute Gasteiger partial charge is 0.230 e. The molecule has 1 aromatic heterocycles. The van der Waals surface area contributed by atoms with E-state index in [1.54, 1.807) is 11.9 Å². The molecule has 2 heterocycles. The number of nitrogens with one attached hydrogen (secondary N) is 2. The van der Waals surface area contributed by atoms with Crippen molar-refractivity contribution in [3.05, 3.63) is 23.9 Å². The van der Waals surface area contributed by atoms with E-state index >= 15 is 0 Å². The third kappa shape index (κ3) is 4.75. The molecule has 0 radical (unpaired) electrons. The van der Waals surface area contributed by atoms with E-state index in [-0.39, 0.29) is 11.3 Å². The van der Waals surface area contributed by atoms with Crippen LogP contribution in [0.3, 0.4) is 0 Å². The van der Waals surface area contributed by atoms with E-state index < -0.39 is 0 Å². The summed E-state index contributed by atoms with van der Waals surface area (Å²) in [5.41, 5.74) is 0.811. The van der Waals surface area contributed by atoms with Crippen molar-refractivity contribution in [3.8, 4) is 0 Å². The van der Waals surface area contributed by atoms with Crippen molar-refractivity contribution in [3.63, 3.8) is 0 Å². The van der Waals surface area contributed by atoms with E-state index in [1.807, 2.05) is 20.3 Å². The van der Waals surface area contributed by atoms with Crippen molar-refractivity contribution in [2.24, 2.45) is 10.4 Å². The topological polar surface area (TPSA) is 72.9 Å². The van der Waals surface area contributed by atoms with Gasteiger partial charge in [0.05, 0.1) is 5.41 Å². The average molecular weight is 387 g/mol. The summed E-state index contributed by atoms with van der Waals surface area (Å²) in [4.78, 5) is 25.7. The summed E-state index contributed by atoms with van der Waals surface area (Å²) in [6, 6.07) is 4.22. The molecule has 154 valence electrons. The highest BCUT2D eigenvalue weighted by molar-refractivity contribution is 5.85. The number of amides is 1. The van der Waals surface area contributed by atoms with Crippen LogP contribution in [0.25, 0.3) is 0 Å². The van der Waals surface area contributed by atoms with Crippen molar-refractivity contribution in [2.45, 2.75) is 45.1 Å². The van der Waals surface area contributed by atoms with Crippen LogP contribution in [0.15, 0.2) is 23.3 Å². The number of pyridine rings is 1. The summed E-state index contributed by atoms with van der Waals surface area (Å²) in [6.07, 6.45) is 8.55. The van der Waals surface area contributed by atoms with E-state index in [1.165, 1.54) is 12.8 Å². The molecule has 1 aromatic rings. The fourth-order valence-corrected chi connectivity index (χ4v) is 4.31. The Morgan fingerprint density at radius 1 is 1.18 bits per heavy atom. The Morgan fingerprint density at radius 2 is 1.89 bits per heavy atom. The van der Waals surface area contributed by atoms with Crippen molar-refractivity contribution < 1.29 is 4.79 Å². The molecule has 3 rings (SSSR count). The highest BCUT2D eigenvalue weighted by Crippen LogP contribution is 2.38. The minimum absolute atomic E-state index is 0.217. The molecule has 1 aliphatic heterocycles. The van der Waals surface area contributed by atoms with Gasteiger partial charge in [-0.3, -0.25) is 9.79 Å². The molecule has 0 atom stereocenters. The molecule has 2 fully saturated rings. The van der Waals surface area contributed by atoms with Crippen LogP contribution in [0.2, 0.25) is 0 Å². The fraction of sp³-hybridized carbons (Fsp3) is 0.667. The van der Waals surface area contributed by atoms with Gasteiger partial charge in [-0.05, 0) is 37.3 Å². The summed E-state index contributed by atoms with van der Waals surface area (Å²) in [5.74, 6) is 2.00. The standard InChI is InChI=1S/C21H34N6O/c1-22-20(25-16-21(10-4-5-11-21)19(28)26(2)3)24-15-17-8-9-18(23-14-17)27-12-6-7-13-27/h8-9,14H,4-7,10-13,15-16H2,1-3H3,(H2,22,24,25). The normalized spacial score (nSPS) is 19.0. The lowest BCUT2D eigenvalue weighted by molar-refractivity contribution is -0.138. The fourth-order valence-electron chi connectivity index (χ4n) is 4.31. The highest BCUT2D eigenvalue weighted by atomic mass is 16.2. The van der Waals surface area contributed by atoms with Gasteiger partial charge in [0.1, 0.15) is 5.82 Å². The summed E-state index contributed by atoms with van der Waals surface area (Å²) >= 11 is 0. The van der Waals surface area contributed by atoms with Gasteiger partial charge in [0.15, 0.2) is 5.96 Å². The SMILES string of the molecule is CN=C(NCc1ccc(N2CCCC2)nc1)NCC1(C(=O)N(C)C)CCCC1. The summed E-state index contributed by atoms with van der Waals surface area (Å²) in [7, 11) is 5.45. The average Bonchev–Trinajstić information content (AvgIpc) is 3.41. The van der Waals surface area contributed by atoms with Gasteiger partial charge in [0.25, 0.3) is 0 Å². The van der Waals surface area contributed by atoms with Gasteiger partial charge in [-0.2, -0.15) is 0 Å². The first-order valence-corrected chi connectivity index (χ1v) is 10.4. The zero-order valence-corrected chi connectivity index (χ0v) is 17.5. The van der Waals surface area contributed by atoms with Gasteiger partial charge < -0.3 is 20.4 Å². The van der Waals surface area contributed by atoms with Gasteiger partial charge in [0, 0.05) is 53.5 Å². The number of aromatic nitrogens is 1. The predicted molar refractivity (Wildman–Crippen MR) is 113 cm³/mol. The molecule has 0 unspecified atom stereocenters. The molecule has 7 nitrogen and oxygen atoms in total. The molecule has 2 N–H and O–H groups in total. The van der Waals surface area contributed by atoms with Gasteiger partial charge in [0.2, 0.25) is 5.91 Å². The second-order valence-corrected chi connectivity index (χ2v) is 8.19. The first-order valence-electron chi connectivity index (χ1n) is 10.4. The molecule has 1 amide bonds. The summed E-state index contributed by atoms with van der Waals surface area (Å²) in [5, 5.41) is 6.72. The van der Waals surface area contributed by atoms with Gasteiger partial charge in [-0.1, -0.05) is 18.9 Å². The maximum atomic E-state index is 12.7. The Kier molecular flexibility index (Phi) is 6.75. The Labute approximate surface area is 168 Å². The van der Waals surface area contributed by atoms with Crippen LogP contribution in [-0.4, -0.2) is 62.5 Å². The van der Waals surface area contributed by atoms with Crippen LogP contribution >= 0.6 is 0 Å². The quantitative estimate of drug-likeness (QED) is 0.578. The maximum absolute atomic E-state index is 12.7. The van der Waals surface area contributed by atoms with E-state index in [0.717, 1.165) is 56.1 Å². The number of nitrogens with zero attached hydrogens (tertiary/aromatic N) is 4. The molecule has 0 aromatic carbocycles. The Hall–Kier alpha value is -2.31. The molecular weight excluding hydrogens is 352 g/mol. The lowest BCUT2D eigenvalue weighted by Crippen LogP contribution is -2.49. The number of hydrogen-bond donors (Lipinski definition) is 2. The first-order chi connectivity index (χ1) is 13.5. The Balaban J connectivity index is 1.52. The molecule has 0 bridgehead atoms.